The highest BCUT2D eigenvalue weighted by Crippen LogP contribution is 2.25. The number of nitrogens with zero attached hydrogens (tertiary/aromatic N) is 3. The van der Waals surface area contributed by atoms with Gasteiger partial charge < -0.3 is 15.1 Å². The molecular formula is C25H23ClN4O4. The molecule has 1 saturated heterocycles. The maximum absolute atomic E-state index is 12.7. The summed E-state index contributed by atoms with van der Waals surface area (Å²) >= 11 is 6.04. The smallest absolute Gasteiger partial charge is 0.270 e. The Morgan fingerprint density at radius 2 is 1.59 bits per heavy atom. The second kappa shape index (κ2) is 9.93. The minimum absolute atomic E-state index is 0.0152. The number of aryl methyl sites for hydroxylation is 1. The van der Waals surface area contributed by atoms with E-state index in [1.807, 2.05) is 48.2 Å². The third-order valence-corrected chi connectivity index (χ3v) is 6.08. The van der Waals surface area contributed by atoms with Gasteiger partial charge in [-0.2, -0.15) is 0 Å². The second-order valence-electron chi connectivity index (χ2n) is 8.07. The number of carbonyl (C=O) groups excluding carboxylic acids is 2. The fourth-order valence-corrected chi connectivity index (χ4v) is 4.06. The molecule has 0 unspecified atom stereocenters. The van der Waals surface area contributed by atoms with Crippen LogP contribution in [0.4, 0.5) is 17.1 Å². The van der Waals surface area contributed by atoms with E-state index in [0.29, 0.717) is 37.4 Å². The van der Waals surface area contributed by atoms with Crippen molar-refractivity contribution in [3.63, 3.8) is 0 Å². The second-order valence-corrected chi connectivity index (χ2v) is 8.47. The van der Waals surface area contributed by atoms with Gasteiger partial charge >= 0.3 is 0 Å². The largest absolute Gasteiger partial charge is 0.368 e. The van der Waals surface area contributed by atoms with E-state index in [9.17, 15) is 19.7 Å². The van der Waals surface area contributed by atoms with Crippen LogP contribution in [0, 0.1) is 17.0 Å². The van der Waals surface area contributed by atoms with E-state index >= 15 is 0 Å². The molecule has 8 nitrogen and oxygen atoms in total. The van der Waals surface area contributed by atoms with Gasteiger partial charge in [0.25, 0.3) is 17.5 Å². The lowest BCUT2D eigenvalue weighted by Crippen LogP contribution is -2.48. The van der Waals surface area contributed by atoms with E-state index in [2.05, 4.69) is 10.2 Å². The number of anilines is 2. The molecule has 1 aliphatic heterocycles. The van der Waals surface area contributed by atoms with E-state index in [0.717, 1.165) is 17.3 Å². The third-order valence-electron chi connectivity index (χ3n) is 5.76. The lowest BCUT2D eigenvalue weighted by molar-refractivity contribution is -0.384. The molecule has 9 heteroatoms. The van der Waals surface area contributed by atoms with Gasteiger partial charge in [-0.3, -0.25) is 19.7 Å². The minimum Gasteiger partial charge on any atom is -0.368 e. The van der Waals surface area contributed by atoms with Crippen molar-refractivity contribution in [1.82, 2.24) is 4.90 Å². The molecule has 0 aromatic heterocycles. The molecule has 1 N–H and O–H groups in total. The normalized spacial score (nSPS) is 13.5. The summed E-state index contributed by atoms with van der Waals surface area (Å²) in [5, 5.41) is 13.6. The highest BCUT2D eigenvalue weighted by atomic mass is 35.5. The highest BCUT2D eigenvalue weighted by Gasteiger charge is 2.22. The number of benzene rings is 3. The molecule has 1 aliphatic rings. The number of carbonyl (C=O) groups is 2. The molecule has 0 aliphatic carbocycles. The van der Waals surface area contributed by atoms with Gasteiger partial charge in [0.2, 0.25) is 0 Å². The molecule has 3 aromatic carbocycles. The zero-order valence-electron chi connectivity index (χ0n) is 18.5. The van der Waals surface area contributed by atoms with Gasteiger partial charge in [0.05, 0.1) is 15.5 Å². The molecule has 0 bridgehead atoms. The predicted octanol–water partition coefficient (Wildman–Crippen LogP) is 4.77. The van der Waals surface area contributed by atoms with Crippen molar-refractivity contribution in [2.75, 3.05) is 36.4 Å². The zero-order valence-corrected chi connectivity index (χ0v) is 19.3. The first kappa shape index (κ1) is 23.3. The quantitative estimate of drug-likeness (QED) is 0.421. The summed E-state index contributed by atoms with van der Waals surface area (Å²) in [7, 11) is 0. The summed E-state index contributed by atoms with van der Waals surface area (Å²) in [5.41, 5.74) is 3.38. The summed E-state index contributed by atoms with van der Waals surface area (Å²) < 4.78 is 0. The average molecular weight is 479 g/mol. The monoisotopic (exact) mass is 478 g/mol. The van der Waals surface area contributed by atoms with Crippen molar-refractivity contribution in [1.29, 1.82) is 0 Å². The molecule has 2 amide bonds. The molecule has 0 atom stereocenters. The average Bonchev–Trinajstić information content (AvgIpc) is 2.84. The fourth-order valence-electron chi connectivity index (χ4n) is 3.80. The number of nitrogens with one attached hydrogen (secondary N) is 1. The van der Waals surface area contributed by atoms with Crippen LogP contribution in [0.25, 0.3) is 0 Å². The van der Waals surface area contributed by atoms with Gasteiger partial charge in [-0.05, 0) is 49.4 Å². The van der Waals surface area contributed by atoms with Gasteiger partial charge in [0, 0.05) is 55.2 Å². The number of hydrogen-bond donors (Lipinski definition) is 1. The Bertz CT molecular complexity index is 1220. The Morgan fingerprint density at radius 3 is 2.18 bits per heavy atom. The summed E-state index contributed by atoms with van der Waals surface area (Å²) in [4.78, 5) is 39.6. The van der Waals surface area contributed by atoms with Crippen LogP contribution in [0.5, 0.6) is 0 Å². The van der Waals surface area contributed by atoms with Crippen molar-refractivity contribution in [2.24, 2.45) is 0 Å². The first-order valence-corrected chi connectivity index (χ1v) is 11.2. The summed E-state index contributed by atoms with van der Waals surface area (Å²) in [6, 6.07) is 18.7. The first-order chi connectivity index (χ1) is 16.3. The van der Waals surface area contributed by atoms with Gasteiger partial charge in [0.15, 0.2) is 0 Å². The number of halogens is 1. The maximum Gasteiger partial charge on any atom is 0.270 e. The van der Waals surface area contributed by atoms with Crippen molar-refractivity contribution >= 4 is 40.5 Å². The molecular weight excluding hydrogens is 456 g/mol. The van der Waals surface area contributed by atoms with Gasteiger partial charge in [-0.1, -0.05) is 29.3 Å². The van der Waals surface area contributed by atoms with Crippen LogP contribution in [0.1, 0.15) is 26.3 Å². The van der Waals surface area contributed by atoms with Gasteiger partial charge in [-0.25, -0.2) is 0 Å². The molecule has 0 spiro atoms. The van der Waals surface area contributed by atoms with Crippen molar-refractivity contribution in [3.8, 4) is 0 Å². The molecule has 174 valence electrons. The standard InChI is InChI=1S/C25H23ClN4O4/c1-17-2-4-18(5-3-17)25(32)29-14-12-28(13-15-29)20-8-6-19(7-9-20)27-24(31)22-11-10-21(30(33)34)16-23(22)26/h2-11,16H,12-15H2,1H3,(H,27,31). The minimum atomic E-state index is -0.565. The Labute approximate surface area is 201 Å². The Morgan fingerprint density at radius 1 is 0.941 bits per heavy atom. The summed E-state index contributed by atoms with van der Waals surface area (Å²) in [5.74, 6) is -0.404. The Hall–Kier alpha value is -3.91. The number of piperazine rings is 1. The Kier molecular flexibility index (Phi) is 6.79. The number of hydrogen-bond acceptors (Lipinski definition) is 5. The maximum atomic E-state index is 12.7. The van der Waals surface area contributed by atoms with Crippen LogP contribution in [0.3, 0.4) is 0 Å². The number of amides is 2. The molecule has 1 fully saturated rings. The fraction of sp³-hybridized carbons (Fsp3) is 0.200. The zero-order chi connectivity index (χ0) is 24.2. The number of non-ortho nitro benzene ring substituents is 1. The van der Waals surface area contributed by atoms with Crippen LogP contribution in [-0.4, -0.2) is 47.8 Å². The Balaban J connectivity index is 1.34. The third kappa shape index (κ3) is 5.18. The van der Waals surface area contributed by atoms with E-state index in [1.54, 1.807) is 12.1 Å². The predicted molar refractivity (Wildman–Crippen MR) is 132 cm³/mol. The van der Waals surface area contributed by atoms with Crippen LogP contribution in [0.2, 0.25) is 5.02 Å². The lowest BCUT2D eigenvalue weighted by atomic mass is 10.1. The topological polar surface area (TPSA) is 95.8 Å². The van der Waals surface area contributed by atoms with Crippen LogP contribution >= 0.6 is 11.6 Å². The van der Waals surface area contributed by atoms with Crippen molar-refractivity contribution in [3.05, 3.63) is 98.6 Å². The summed E-state index contributed by atoms with van der Waals surface area (Å²) in [6.07, 6.45) is 0. The molecule has 4 rings (SSSR count). The molecule has 3 aromatic rings. The van der Waals surface area contributed by atoms with Gasteiger partial charge in [0.1, 0.15) is 0 Å². The highest BCUT2D eigenvalue weighted by molar-refractivity contribution is 6.34. The molecule has 0 saturated carbocycles. The van der Waals surface area contributed by atoms with Crippen LogP contribution < -0.4 is 10.2 Å². The number of nitro groups is 1. The van der Waals surface area contributed by atoms with E-state index in [-0.39, 0.29) is 22.2 Å². The van der Waals surface area contributed by atoms with E-state index < -0.39 is 10.8 Å². The lowest BCUT2D eigenvalue weighted by Gasteiger charge is -2.36. The van der Waals surface area contributed by atoms with Crippen LogP contribution in [-0.2, 0) is 0 Å². The molecule has 34 heavy (non-hydrogen) atoms. The van der Waals surface area contributed by atoms with E-state index in [4.69, 9.17) is 11.6 Å². The first-order valence-electron chi connectivity index (χ1n) is 10.8. The number of nitro benzene ring substituents is 1. The van der Waals surface area contributed by atoms with Crippen molar-refractivity contribution < 1.29 is 14.5 Å². The van der Waals surface area contributed by atoms with Crippen molar-refractivity contribution in [2.45, 2.75) is 6.92 Å². The molecule has 0 radical (unpaired) electrons. The van der Waals surface area contributed by atoms with E-state index in [1.165, 1.54) is 12.1 Å². The summed E-state index contributed by atoms with van der Waals surface area (Å²) in [6.45, 7) is 4.67. The number of rotatable bonds is 5. The SMILES string of the molecule is Cc1ccc(C(=O)N2CCN(c3ccc(NC(=O)c4ccc([N+](=O)[O-])cc4Cl)cc3)CC2)cc1. The van der Waals surface area contributed by atoms with Crippen LogP contribution in [0.15, 0.2) is 66.7 Å². The molecule has 1 heterocycles. The van der Waals surface area contributed by atoms with Gasteiger partial charge in [-0.15, -0.1) is 0 Å².